The van der Waals surface area contributed by atoms with Crippen LogP contribution in [0, 0.1) is 6.92 Å². The lowest BCUT2D eigenvalue weighted by Crippen LogP contribution is -1.94. The predicted molar refractivity (Wildman–Crippen MR) is 64.5 cm³/mol. The molecule has 0 bridgehead atoms. The molecule has 0 fully saturated rings. The monoisotopic (exact) mass is 236 g/mol. The van der Waals surface area contributed by atoms with Crippen LogP contribution >= 0.6 is 11.6 Å². The molecule has 84 valence electrons. The molecule has 1 aromatic heterocycles. The summed E-state index contributed by atoms with van der Waals surface area (Å²) in [5.74, 6) is 1.59. The molecule has 4 heteroatoms. The van der Waals surface area contributed by atoms with Gasteiger partial charge in [-0.25, -0.2) is 4.98 Å². The number of hydrogen-bond donors (Lipinski definition) is 1. The van der Waals surface area contributed by atoms with Gasteiger partial charge >= 0.3 is 0 Å². The molecule has 1 heterocycles. The molecule has 0 amide bonds. The number of hydrogen-bond acceptors (Lipinski definition) is 3. The van der Waals surface area contributed by atoms with Crippen LogP contribution in [0.2, 0.25) is 5.02 Å². The lowest BCUT2D eigenvalue weighted by Gasteiger charge is -2.02. The van der Waals surface area contributed by atoms with Crippen molar-refractivity contribution in [3.05, 3.63) is 46.6 Å². The number of aryl methyl sites for hydroxylation is 3. The van der Waals surface area contributed by atoms with Gasteiger partial charge in [0, 0.05) is 6.42 Å². The van der Waals surface area contributed by atoms with E-state index in [1.807, 2.05) is 25.1 Å². The molecule has 0 saturated heterocycles. The number of aromatic nitrogens is 1. The summed E-state index contributed by atoms with van der Waals surface area (Å²) in [6.45, 7) is 1.89. The third-order valence-corrected chi connectivity index (χ3v) is 2.70. The predicted octanol–water partition coefficient (Wildman–Crippen LogP) is 3.00. The van der Waals surface area contributed by atoms with Gasteiger partial charge in [-0.3, -0.25) is 0 Å². The molecule has 0 aliphatic rings. The summed E-state index contributed by atoms with van der Waals surface area (Å²) in [4.78, 5) is 4.15. The fourth-order valence-electron chi connectivity index (χ4n) is 1.52. The smallest absolute Gasteiger partial charge is 0.194 e. The van der Waals surface area contributed by atoms with E-state index in [1.54, 1.807) is 6.20 Å². The molecule has 0 aliphatic heterocycles. The van der Waals surface area contributed by atoms with Crippen LogP contribution in [0.15, 0.2) is 28.8 Å². The highest BCUT2D eigenvalue weighted by atomic mass is 35.5. The summed E-state index contributed by atoms with van der Waals surface area (Å²) in [5, 5.41) is 0.593. The van der Waals surface area contributed by atoms with Crippen molar-refractivity contribution in [2.45, 2.75) is 19.8 Å². The first-order valence-electron chi connectivity index (χ1n) is 5.10. The molecule has 0 saturated carbocycles. The average molecular weight is 237 g/mol. The lowest BCUT2D eigenvalue weighted by atomic mass is 10.1. The van der Waals surface area contributed by atoms with E-state index in [9.17, 15) is 0 Å². The third-order valence-electron chi connectivity index (χ3n) is 2.36. The van der Waals surface area contributed by atoms with Crippen LogP contribution < -0.4 is 5.73 Å². The van der Waals surface area contributed by atoms with Crippen LogP contribution in [0.25, 0.3) is 0 Å². The van der Waals surface area contributed by atoms with Gasteiger partial charge in [0.15, 0.2) is 5.89 Å². The number of rotatable bonds is 3. The molecule has 2 rings (SSSR count). The fourth-order valence-corrected chi connectivity index (χ4v) is 1.63. The van der Waals surface area contributed by atoms with Gasteiger partial charge in [0.25, 0.3) is 0 Å². The number of nitrogens with zero attached hydrogens (tertiary/aromatic N) is 1. The molecule has 2 aromatic rings. The highest BCUT2D eigenvalue weighted by molar-refractivity contribution is 6.33. The summed E-state index contributed by atoms with van der Waals surface area (Å²) >= 11 is 5.85. The van der Waals surface area contributed by atoms with Crippen molar-refractivity contribution in [3.8, 4) is 0 Å². The van der Waals surface area contributed by atoms with Crippen LogP contribution in [0.1, 0.15) is 17.2 Å². The van der Waals surface area contributed by atoms with Crippen molar-refractivity contribution in [2.24, 2.45) is 0 Å². The molecule has 0 radical (unpaired) electrons. The average Bonchev–Trinajstić information content (AvgIpc) is 2.66. The first-order chi connectivity index (χ1) is 7.65. The number of anilines is 1. The maximum absolute atomic E-state index is 5.85. The van der Waals surface area contributed by atoms with Gasteiger partial charge in [-0.05, 0) is 31.0 Å². The number of oxazole rings is 1. The maximum atomic E-state index is 5.85. The zero-order chi connectivity index (χ0) is 11.5. The molecule has 16 heavy (non-hydrogen) atoms. The largest absolute Gasteiger partial charge is 0.446 e. The minimum atomic E-state index is 0.593. The molecule has 0 aliphatic carbocycles. The van der Waals surface area contributed by atoms with Crippen LogP contribution in [0.3, 0.4) is 0 Å². The van der Waals surface area contributed by atoms with Crippen LogP contribution in [-0.2, 0) is 12.8 Å². The van der Waals surface area contributed by atoms with Crippen LogP contribution in [0.4, 0.5) is 5.69 Å². The Hall–Kier alpha value is -1.48. The Morgan fingerprint density at radius 1 is 1.38 bits per heavy atom. The Morgan fingerprint density at radius 3 is 2.81 bits per heavy atom. The molecule has 3 nitrogen and oxygen atoms in total. The van der Waals surface area contributed by atoms with E-state index >= 15 is 0 Å². The summed E-state index contributed by atoms with van der Waals surface area (Å²) < 4.78 is 5.39. The van der Waals surface area contributed by atoms with Crippen molar-refractivity contribution in [2.75, 3.05) is 5.73 Å². The quantitative estimate of drug-likeness (QED) is 0.834. The van der Waals surface area contributed by atoms with Gasteiger partial charge in [0.05, 0.1) is 16.9 Å². The normalized spacial score (nSPS) is 10.6. The second-order valence-corrected chi connectivity index (χ2v) is 4.13. The number of nitrogens with two attached hydrogens (primary N) is 1. The van der Waals surface area contributed by atoms with Gasteiger partial charge in [-0.1, -0.05) is 17.7 Å². The Labute approximate surface area is 99.2 Å². The minimum absolute atomic E-state index is 0.593. The first kappa shape index (κ1) is 11.0. The van der Waals surface area contributed by atoms with Crippen molar-refractivity contribution in [3.63, 3.8) is 0 Å². The Balaban J connectivity index is 2.02. The van der Waals surface area contributed by atoms with Gasteiger partial charge < -0.3 is 10.2 Å². The van der Waals surface area contributed by atoms with Gasteiger partial charge in [0.2, 0.25) is 0 Å². The van der Waals surface area contributed by atoms with Gasteiger partial charge in [-0.2, -0.15) is 0 Å². The third kappa shape index (κ3) is 2.55. The fraction of sp³-hybridized carbons (Fsp3) is 0.250. The summed E-state index contributed by atoms with van der Waals surface area (Å²) in [7, 11) is 0. The zero-order valence-electron chi connectivity index (χ0n) is 9.03. The number of benzene rings is 1. The Morgan fingerprint density at radius 2 is 2.19 bits per heavy atom. The maximum Gasteiger partial charge on any atom is 0.194 e. The highest BCUT2D eigenvalue weighted by Gasteiger charge is 2.03. The summed E-state index contributed by atoms with van der Waals surface area (Å²) in [6, 6.07) is 5.67. The van der Waals surface area contributed by atoms with E-state index in [0.29, 0.717) is 10.7 Å². The first-order valence-corrected chi connectivity index (χ1v) is 5.48. The van der Waals surface area contributed by atoms with Crippen molar-refractivity contribution < 1.29 is 4.42 Å². The topological polar surface area (TPSA) is 52.0 Å². The second-order valence-electron chi connectivity index (χ2n) is 3.72. The SMILES string of the molecule is Cc1cnc(CCc2ccc(Cl)c(N)c2)o1. The summed E-state index contributed by atoms with van der Waals surface area (Å²) in [5.41, 5.74) is 7.47. The summed E-state index contributed by atoms with van der Waals surface area (Å²) in [6.07, 6.45) is 3.35. The molecule has 2 N–H and O–H groups in total. The molecule has 0 atom stereocenters. The standard InChI is InChI=1S/C12H13ClN2O/c1-8-7-15-12(16-8)5-3-9-2-4-10(13)11(14)6-9/h2,4,6-7H,3,5,14H2,1H3. The highest BCUT2D eigenvalue weighted by Crippen LogP contribution is 2.20. The van der Waals surface area contributed by atoms with Crippen molar-refractivity contribution >= 4 is 17.3 Å². The second kappa shape index (κ2) is 4.58. The molecular weight excluding hydrogens is 224 g/mol. The molecular formula is C12H13ClN2O. The van der Waals surface area contributed by atoms with E-state index in [0.717, 1.165) is 30.1 Å². The molecule has 0 spiro atoms. The molecule has 0 unspecified atom stereocenters. The molecule has 1 aromatic carbocycles. The number of nitrogen functional groups attached to an aromatic ring is 1. The van der Waals surface area contributed by atoms with E-state index in [2.05, 4.69) is 4.98 Å². The van der Waals surface area contributed by atoms with Crippen LogP contribution in [0.5, 0.6) is 0 Å². The van der Waals surface area contributed by atoms with E-state index < -0.39 is 0 Å². The lowest BCUT2D eigenvalue weighted by molar-refractivity contribution is 0.470. The number of halogens is 1. The van der Waals surface area contributed by atoms with Crippen molar-refractivity contribution in [1.29, 1.82) is 0 Å². The Kier molecular flexibility index (Phi) is 3.15. The zero-order valence-corrected chi connectivity index (χ0v) is 9.79. The van der Waals surface area contributed by atoms with Crippen LogP contribution in [-0.4, -0.2) is 4.98 Å². The van der Waals surface area contributed by atoms with Crippen molar-refractivity contribution in [1.82, 2.24) is 4.98 Å². The minimum Gasteiger partial charge on any atom is -0.446 e. The van der Waals surface area contributed by atoms with Gasteiger partial charge in [-0.15, -0.1) is 0 Å². The van der Waals surface area contributed by atoms with Gasteiger partial charge in [0.1, 0.15) is 5.76 Å². The van der Waals surface area contributed by atoms with E-state index in [-0.39, 0.29) is 0 Å². The Bertz CT molecular complexity index is 494. The van der Waals surface area contributed by atoms with E-state index in [1.165, 1.54) is 0 Å². The van der Waals surface area contributed by atoms with E-state index in [4.69, 9.17) is 21.8 Å².